The third-order valence-corrected chi connectivity index (χ3v) is 5.35. The second-order valence-corrected chi connectivity index (χ2v) is 6.39. The van der Waals surface area contributed by atoms with Crippen LogP contribution in [0.5, 0.6) is 0 Å². The van der Waals surface area contributed by atoms with Crippen LogP contribution in [0.1, 0.15) is 26.7 Å². The molecule has 20 heavy (non-hydrogen) atoms. The summed E-state index contributed by atoms with van der Waals surface area (Å²) in [6.45, 7) is 7.98. The van der Waals surface area contributed by atoms with Gasteiger partial charge >= 0.3 is 0 Å². The molecule has 0 aromatic heterocycles. The van der Waals surface area contributed by atoms with Crippen LogP contribution >= 0.6 is 0 Å². The molecule has 0 radical (unpaired) electrons. The molecule has 4 heteroatoms. The van der Waals surface area contributed by atoms with Gasteiger partial charge in [-0.3, -0.25) is 4.79 Å². The van der Waals surface area contributed by atoms with Crippen molar-refractivity contribution in [3.05, 3.63) is 23.8 Å². The third-order valence-electron chi connectivity index (χ3n) is 5.35. The second kappa shape index (κ2) is 4.52. The fraction of sp³-hybridized carbons (Fsp3) is 0.688. The molecule has 6 atom stereocenters. The number of aliphatic hydroxyl groups is 1. The minimum Gasteiger partial charge on any atom is -0.377 e. The molecular weight excluding hydrogens is 256 g/mol. The Morgan fingerprint density at radius 1 is 1.55 bits per heavy atom. The maximum atomic E-state index is 12.5. The Morgan fingerprint density at radius 2 is 2.25 bits per heavy atom. The summed E-state index contributed by atoms with van der Waals surface area (Å²) in [5.41, 5.74) is -0.0741. The number of carbonyl (C=O) groups is 1. The topological polar surface area (TPSA) is 55.8 Å². The molecule has 0 bridgehead atoms. The molecule has 2 fully saturated rings. The van der Waals surface area contributed by atoms with Crippen LogP contribution in [0.2, 0.25) is 0 Å². The third kappa shape index (κ3) is 1.62. The fourth-order valence-electron chi connectivity index (χ4n) is 4.17. The number of Topliss-reactive ketones (excluding diaryl/α,β-unsaturated/α-hetero) is 1. The minimum atomic E-state index is -1.50. The van der Waals surface area contributed by atoms with Crippen molar-refractivity contribution in [3.63, 3.8) is 0 Å². The minimum absolute atomic E-state index is 0.138. The summed E-state index contributed by atoms with van der Waals surface area (Å²) in [6.07, 6.45) is 2.46. The molecule has 1 saturated carbocycles. The van der Waals surface area contributed by atoms with Crippen molar-refractivity contribution >= 4 is 5.78 Å². The molecule has 110 valence electrons. The molecule has 2 aliphatic carbocycles. The summed E-state index contributed by atoms with van der Waals surface area (Å²) >= 11 is 0. The SMILES string of the molecule is C=C1[C@H](OC)O[C@H]2C(C)=CC[C@@H]3C2C1(O)C(=O)C[C@H]3C. The highest BCUT2D eigenvalue weighted by molar-refractivity contribution is 5.92. The Hall–Kier alpha value is -0.970. The van der Waals surface area contributed by atoms with Crippen molar-refractivity contribution in [2.45, 2.75) is 44.7 Å². The first kappa shape index (κ1) is 14.0. The van der Waals surface area contributed by atoms with Gasteiger partial charge in [-0.05, 0) is 30.8 Å². The van der Waals surface area contributed by atoms with Gasteiger partial charge in [0.25, 0.3) is 0 Å². The number of hydrogen-bond acceptors (Lipinski definition) is 4. The normalized spacial score (nSPS) is 47.8. The van der Waals surface area contributed by atoms with Crippen LogP contribution in [-0.4, -0.2) is 36.0 Å². The van der Waals surface area contributed by atoms with E-state index in [1.54, 1.807) is 0 Å². The van der Waals surface area contributed by atoms with Gasteiger partial charge in [-0.15, -0.1) is 0 Å². The summed E-state index contributed by atoms with van der Waals surface area (Å²) in [4.78, 5) is 12.5. The summed E-state index contributed by atoms with van der Waals surface area (Å²) in [5, 5.41) is 11.1. The molecule has 1 saturated heterocycles. The standard InChI is InChI=1S/C16H22O4/c1-8-5-6-11-9(2)7-12(17)16(18)10(3)15(19-4)20-14(8)13(11)16/h5,9,11,13-15,18H,3,6-7H2,1-2,4H3/t9-,11+,13?,14+,15-,16?/m1/s1. The van der Waals surface area contributed by atoms with Crippen LogP contribution in [0.4, 0.5) is 0 Å². The van der Waals surface area contributed by atoms with Crippen LogP contribution in [0.3, 0.4) is 0 Å². The molecular formula is C16H22O4. The van der Waals surface area contributed by atoms with Gasteiger partial charge in [0.2, 0.25) is 0 Å². The first-order chi connectivity index (χ1) is 9.41. The number of methoxy groups -OCH3 is 1. The number of rotatable bonds is 1. The fourth-order valence-corrected chi connectivity index (χ4v) is 4.17. The van der Waals surface area contributed by atoms with Gasteiger partial charge in [-0.1, -0.05) is 19.6 Å². The van der Waals surface area contributed by atoms with Gasteiger partial charge in [-0.25, -0.2) is 0 Å². The average molecular weight is 278 g/mol. The average Bonchev–Trinajstić information content (AvgIpc) is 2.41. The number of ether oxygens (including phenoxy) is 2. The van der Waals surface area contributed by atoms with E-state index in [-0.39, 0.29) is 29.6 Å². The molecule has 4 nitrogen and oxygen atoms in total. The van der Waals surface area contributed by atoms with E-state index in [0.717, 1.165) is 12.0 Å². The summed E-state index contributed by atoms with van der Waals surface area (Å²) in [5.74, 6) is 0.139. The van der Waals surface area contributed by atoms with Crippen molar-refractivity contribution in [1.82, 2.24) is 0 Å². The van der Waals surface area contributed by atoms with Crippen molar-refractivity contribution < 1.29 is 19.4 Å². The van der Waals surface area contributed by atoms with Crippen molar-refractivity contribution in [3.8, 4) is 0 Å². The number of carbonyl (C=O) groups excluding carboxylic acids is 1. The van der Waals surface area contributed by atoms with Crippen LogP contribution in [0.15, 0.2) is 23.8 Å². The van der Waals surface area contributed by atoms with Crippen molar-refractivity contribution in [1.29, 1.82) is 0 Å². The van der Waals surface area contributed by atoms with Gasteiger partial charge in [0.15, 0.2) is 17.7 Å². The Kier molecular flexibility index (Phi) is 3.16. The Balaban J connectivity index is 2.12. The molecule has 0 aromatic carbocycles. The maximum absolute atomic E-state index is 12.5. The Bertz CT molecular complexity index is 495. The molecule has 1 heterocycles. The number of allylic oxidation sites excluding steroid dienone is 1. The molecule has 0 aromatic rings. The lowest BCUT2D eigenvalue weighted by Gasteiger charge is -2.56. The van der Waals surface area contributed by atoms with Crippen LogP contribution in [0, 0.1) is 17.8 Å². The predicted octanol–water partition coefficient (Wildman–Crippen LogP) is 1.84. The second-order valence-electron chi connectivity index (χ2n) is 6.39. The van der Waals surface area contributed by atoms with E-state index in [0.29, 0.717) is 12.0 Å². The van der Waals surface area contributed by atoms with Crippen LogP contribution in [0.25, 0.3) is 0 Å². The number of hydrogen-bond donors (Lipinski definition) is 1. The van der Waals surface area contributed by atoms with E-state index >= 15 is 0 Å². The molecule has 0 spiro atoms. The van der Waals surface area contributed by atoms with Crippen molar-refractivity contribution in [2.24, 2.45) is 17.8 Å². The van der Waals surface area contributed by atoms with Gasteiger partial charge in [0.1, 0.15) is 0 Å². The lowest BCUT2D eigenvalue weighted by molar-refractivity contribution is -0.227. The zero-order chi connectivity index (χ0) is 14.7. The Labute approximate surface area is 119 Å². The van der Waals surface area contributed by atoms with E-state index in [4.69, 9.17) is 9.47 Å². The highest BCUT2D eigenvalue weighted by Crippen LogP contribution is 2.53. The number of ketones is 1. The highest BCUT2D eigenvalue weighted by Gasteiger charge is 2.62. The van der Waals surface area contributed by atoms with Gasteiger partial charge in [0, 0.05) is 25.0 Å². The predicted molar refractivity (Wildman–Crippen MR) is 73.9 cm³/mol. The summed E-state index contributed by atoms with van der Waals surface area (Å²) in [7, 11) is 1.51. The first-order valence-corrected chi connectivity index (χ1v) is 7.21. The van der Waals surface area contributed by atoms with Crippen LogP contribution in [-0.2, 0) is 14.3 Å². The summed E-state index contributed by atoms with van der Waals surface area (Å²) in [6, 6.07) is 0. The van der Waals surface area contributed by atoms with Crippen molar-refractivity contribution in [2.75, 3.05) is 7.11 Å². The summed E-state index contributed by atoms with van der Waals surface area (Å²) < 4.78 is 11.2. The molecule has 3 rings (SSSR count). The van der Waals surface area contributed by atoms with E-state index in [1.165, 1.54) is 7.11 Å². The van der Waals surface area contributed by atoms with Crippen LogP contribution < -0.4 is 0 Å². The quantitative estimate of drug-likeness (QED) is 0.744. The van der Waals surface area contributed by atoms with Gasteiger partial charge in [-0.2, -0.15) is 0 Å². The van der Waals surface area contributed by atoms with E-state index in [2.05, 4.69) is 19.6 Å². The monoisotopic (exact) mass is 278 g/mol. The molecule has 1 N–H and O–H groups in total. The molecule has 3 aliphatic rings. The maximum Gasteiger partial charge on any atom is 0.183 e. The van der Waals surface area contributed by atoms with E-state index < -0.39 is 11.9 Å². The first-order valence-electron chi connectivity index (χ1n) is 7.21. The van der Waals surface area contributed by atoms with E-state index in [9.17, 15) is 9.90 Å². The smallest absolute Gasteiger partial charge is 0.183 e. The van der Waals surface area contributed by atoms with E-state index in [1.807, 2.05) is 6.92 Å². The van der Waals surface area contributed by atoms with Gasteiger partial charge < -0.3 is 14.6 Å². The lowest BCUT2D eigenvalue weighted by Crippen LogP contribution is -2.66. The lowest BCUT2D eigenvalue weighted by atomic mass is 9.55. The zero-order valence-corrected chi connectivity index (χ0v) is 12.3. The molecule has 1 aliphatic heterocycles. The largest absolute Gasteiger partial charge is 0.377 e. The Morgan fingerprint density at radius 3 is 2.90 bits per heavy atom. The molecule has 0 amide bonds. The van der Waals surface area contributed by atoms with Gasteiger partial charge in [0.05, 0.1) is 6.10 Å². The zero-order valence-electron chi connectivity index (χ0n) is 12.3. The molecule has 2 unspecified atom stereocenters. The highest BCUT2D eigenvalue weighted by atomic mass is 16.7.